The number of hydrogen-bond donors (Lipinski definition) is 3. The summed E-state index contributed by atoms with van der Waals surface area (Å²) in [5.74, 6) is -2.09. The molecule has 1 aliphatic carbocycles. The molecule has 132 valence electrons. The third kappa shape index (κ3) is 3.78. The topological polar surface area (TPSA) is 116 Å². The summed E-state index contributed by atoms with van der Waals surface area (Å²) in [6, 6.07) is 6.87. The zero-order chi connectivity index (χ0) is 18.0. The summed E-state index contributed by atoms with van der Waals surface area (Å²) in [6.45, 7) is -0.0691. The molecule has 0 bridgehead atoms. The lowest BCUT2D eigenvalue weighted by Crippen LogP contribution is -2.47. The number of aliphatic carboxylic acids is 1. The first-order valence-electron chi connectivity index (χ1n) is 8.15. The van der Waals surface area contributed by atoms with Crippen molar-refractivity contribution in [1.29, 1.82) is 0 Å². The van der Waals surface area contributed by atoms with Crippen LogP contribution in [0.4, 0.5) is 11.4 Å². The van der Waals surface area contributed by atoms with Gasteiger partial charge < -0.3 is 20.6 Å². The molecule has 0 aromatic heterocycles. The zero-order valence-electron chi connectivity index (χ0n) is 13.5. The number of carbonyl (C=O) groups is 4. The van der Waals surface area contributed by atoms with Crippen LogP contribution in [0.5, 0.6) is 0 Å². The molecule has 0 atom stereocenters. The Hall–Kier alpha value is -2.90. The predicted octanol–water partition coefficient (Wildman–Crippen LogP) is 0.731. The van der Waals surface area contributed by atoms with Gasteiger partial charge in [-0.05, 0) is 25.0 Å². The molecule has 0 saturated heterocycles. The van der Waals surface area contributed by atoms with Gasteiger partial charge in [0.25, 0.3) is 0 Å². The van der Waals surface area contributed by atoms with Crippen molar-refractivity contribution in [2.45, 2.75) is 31.7 Å². The molecule has 25 heavy (non-hydrogen) atoms. The molecule has 0 radical (unpaired) electrons. The molecule has 3 N–H and O–H groups in total. The van der Waals surface area contributed by atoms with Crippen molar-refractivity contribution in [3.63, 3.8) is 0 Å². The second kappa shape index (κ2) is 6.92. The molecule has 8 nitrogen and oxygen atoms in total. The average molecular weight is 345 g/mol. The van der Waals surface area contributed by atoms with Gasteiger partial charge in [-0.2, -0.15) is 0 Å². The van der Waals surface area contributed by atoms with Crippen molar-refractivity contribution in [2.24, 2.45) is 5.92 Å². The smallest absolute Gasteiger partial charge is 0.306 e. The highest BCUT2D eigenvalue weighted by Gasteiger charge is 2.35. The Morgan fingerprint density at radius 2 is 1.92 bits per heavy atom. The largest absolute Gasteiger partial charge is 0.481 e. The molecular formula is C17H19N3O5. The number of carboxylic acid groups (broad SMARTS) is 1. The number of anilines is 2. The quantitative estimate of drug-likeness (QED) is 0.728. The Balaban J connectivity index is 1.51. The van der Waals surface area contributed by atoms with Crippen LogP contribution in [-0.2, 0) is 19.2 Å². The Morgan fingerprint density at radius 1 is 1.20 bits per heavy atom. The first kappa shape index (κ1) is 16.9. The SMILES string of the molecule is O=C1CN(C(=O)CCC(=O)NC2CC(C(=O)O)C2)c2ccccc2N1. The number of nitrogens with zero attached hydrogens (tertiary/aromatic N) is 1. The van der Waals surface area contributed by atoms with Crippen LogP contribution in [0, 0.1) is 5.92 Å². The van der Waals surface area contributed by atoms with Crippen molar-refractivity contribution in [3.05, 3.63) is 24.3 Å². The number of nitrogens with one attached hydrogen (secondary N) is 2. The van der Waals surface area contributed by atoms with E-state index in [1.165, 1.54) is 4.90 Å². The highest BCUT2D eigenvalue weighted by Crippen LogP contribution is 2.30. The first-order valence-corrected chi connectivity index (χ1v) is 8.15. The lowest BCUT2D eigenvalue weighted by Gasteiger charge is -2.33. The van der Waals surface area contributed by atoms with E-state index < -0.39 is 11.9 Å². The Bertz CT molecular complexity index is 727. The summed E-state index contributed by atoms with van der Waals surface area (Å²) in [7, 11) is 0. The second-order valence-electron chi connectivity index (χ2n) is 6.32. The molecule has 1 fully saturated rings. The van der Waals surface area contributed by atoms with Crippen LogP contribution >= 0.6 is 0 Å². The van der Waals surface area contributed by atoms with E-state index in [1.54, 1.807) is 24.3 Å². The Kier molecular flexibility index (Phi) is 4.69. The standard InChI is InChI=1S/C17H19N3O5/c21-14(18-11-7-10(8-11)17(24)25)5-6-16(23)20-9-15(22)19-12-3-1-2-4-13(12)20/h1-4,10-11H,5-9H2,(H,18,21)(H,19,22)(H,24,25). The molecular weight excluding hydrogens is 326 g/mol. The number of carbonyl (C=O) groups excluding carboxylic acids is 3. The van der Waals surface area contributed by atoms with Crippen molar-refractivity contribution < 1.29 is 24.3 Å². The summed E-state index contributed by atoms with van der Waals surface area (Å²) in [4.78, 5) is 48.2. The summed E-state index contributed by atoms with van der Waals surface area (Å²) in [5, 5.41) is 14.3. The maximum atomic E-state index is 12.4. The highest BCUT2D eigenvalue weighted by atomic mass is 16.4. The van der Waals surface area contributed by atoms with Gasteiger partial charge in [-0.25, -0.2) is 0 Å². The molecule has 3 amide bonds. The number of benzene rings is 1. The monoisotopic (exact) mass is 345 g/mol. The number of para-hydroxylation sites is 2. The van der Waals surface area contributed by atoms with Gasteiger partial charge in [0, 0.05) is 18.9 Å². The van der Waals surface area contributed by atoms with Crippen molar-refractivity contribution >= 4 is 35.1 Å². The van der Waals surface area contributed by atoms with Gasteiger partial charge in [-0.15, -0.1) is 0 Å². The van der Waals surface area contributed by atoms with E-state index in [0.717, 1.165) is 0 Å². The minimum atomic E-state index is -0.845. The van der Waals surface area contributed by atoms with Crippen LogP contribution in [0.25, 0.3) is 0 Å². The number of fused-ring (bicyclic) bond motifs is 1. The molecule has 0 unspecified atom stereocenters. The number of carboxylic acids is 1. The minimum Gasteiger partial charge on any atom is -0.481 e. The molecule has 1 aliphatic heterocycles. The maximum absolute atomic E-state index is 12.4. The summed E-state index contributed by atoms with van der Waals surface area (Å²) in [5.41, 5.74) is 1.20. The van der Waals surface area contributed by atoms with Crippen LogP contribution < -0.4 is 15.5 Å². The Labute approximate surface area is 144 Å². The van der Waals surface area contributed by atoms with E-state index in [4.69, 9.17) is 5.11 Å². The van der Waals surface area contributed by atoms with Crippen LogP contribution in [0.3, 0.4) is 0 Å². The lowest BCUT2D eigenvalue weighted by molar-refractivity contribution is -0.146. The van der Waals surface area contributed by atoms with Crippen LogP contribution in [-0.4, -0.2) is 41.4 Å². The average Bonchev–Trinajstić information content (AvgIpc) is 2.54. The predicted molar refractivity (Wildman–Crippen MR) is 88.9 cm³/mol. The van der Waals surface area contributed by atoms with Gasteiger partial charge in [0.05, 0.1) is 17.3 Å². The molecule has 1 aromatic carbocycles. The van der Waals surface area contributed by atoms with Crippen molar-refractivity contribution in [2.75, 3.05) is 16.8 Å². The van der Waals surface area contributed by atoms with E-state index in [2.05, 4.69) is 10.6 Å². The van der Waals surface area contributed by atoms with Gasteiger partial charge in [0.15, 0.2) is 0 Å². The fourth-order valence-corrected chi connectivity index (χ4v) is 3.05. The van der Waals surface area contributed by atoms with E-state index in [-0.39, 0.29) is 43.1 Å². The molecule has 1 saturated carbocycles. The Morgan fingerprint density at radius 3 is 2.64 bits per heavy atom. The zero-order valence-corrected chi connectivity index (χ0v) is 13.5. The third-order valence-corrected chi connectivity index (χ3v) is 4.49. The van der Waals surface area contributed by atoms with E-state index in [0.29, 0.717) is 24.2 Å². The van der Waals surface area contributed by atoms with Gasteiger partial charge in [0.2, 0.25) is 17.7 Å². The minimum absolute atomic E-state index is 0.00730. The fraction of sp³-hybridized carbons (Fsp3) is 0.412. The molecule has 0 spiro atoms. The van der Waals surface area contributed by atoms with Crippen LogP contribution in [0.2, 0.25) is 0 Å². The number of amides is 3. The molecule has 3 rings (SSSR count). The molecule has 1 aromatic rings. The van der Waals surface area contributed by atoms with Crippen LogP contribution in [0.15, 0.2) is 24.3 Å². The summed E-state index contributed by atoms with van der Waals surface area (Å²) in [6.07, 6.45) is 0.846. The van der Waals surface area contributed by atoms with Crippen LogP contribution in [0.1, 0.15) is 25.7 Å². The summed E-state index contributed by atoms with van der Waals surface area (Å²) >= 11 is 0. The number of hydrogen-bond acceptors (Lipinski definition) is 4. The van der Waals surface area contributed by atoms with Gasteiger partial charge >= 0.3 is 5.97 Å². The van der Waals surface area contributed by atoms with E-state index >= 15 is 0 Å². The molecule has 1 heterocycles. The number of rotatable bonds is 5. The van der Waals surface area contributed by atoms with Gasteiger partial charge in [0.1, 0.15) is 6.54 Å². The first-order chi connectivity index (χ1) is 11.9. The molecule has 2 aliphatic rings. The van der Waals surface area contributed by atoms with Crippen molar-refractivity contribution in [3.8, 4) is 0 Å². The second-order valence-corrected chi connectivity index (χ2v) is 6.32. The lowest BCUT2D eigenvalue weighted by atomic mass is 9.80. The fourth-order valence-electron chi connectivity index (χ4n) is 3.05. The van der Waals surface area contributed by atoms with E-state index in [1.807, 2.05) is 0 Å². The normalized spacial score (nSPS) is 21.6. The molecule has 8 heteroatoms. The summed E-state index contributed by atoms with van der Waals surface area (Å²) < 4.78 is 0. The third-order valence-electron chi connectivity index (χ3n) is 4.49. The maximum Gasteiger partial charge on any atom is 0.306 e. The van der Waals surface area contributed by atoms with Crippen molar-refractivity contribution in [1.82, 2.24) is 5.32 Å². The van der Waals surface area contributed by atoms with Gasteiger partial charge in [-0.3, -0.25) is 19.2 Å². The van der Waals surface area contributed by atoms with E-state index in [9.17, 15) is 19.2 Å². The highest BCUT2D eigenvalue weighted by molar-refractivity contribution is 6.10. The van der Waals surface area contributed by atoms with Gasteiger partial charge in [-0.1, -0.05) is 12.1 Å².